The summed E-state index contributed by atoms with van der Waals surface area (Å²) in [6, 6.07) is 0. The molecule has 3 rings (SSSR count). The van der Waals surface area contributed by atoms with Crippen molar-refractivity contribution < 1.29 is 14.7 Å². The maximum atomic E-state index is 12.6. The average Bonchev–Trinajstić information content (AvgIpc) is 2.93. The fourth-order valence-corrected chi connectivity index (χ4v) is 4.38. The topological polar surface area (TPSA) is 57.6 Å². The van der Waals surface area contributed by atoms with Crippen molar-refractivity contribution in [3.63, 3.8) is 0 Å². The molecule has 2 unspecified atom stereocenters. The van der Waals surface area contributed by atoms with Crippen molar-refractivity contribution in [1.82, 2.24) is 4.90 Å². The van der Waals surface area contributed by atoms with Crippen LogP contribution in [0.1, 0.15) is 57.8 Å². The number of carbonyl (C=O) groups excluding carboxylic acids is 1. The molecule has 0 radical (unpaired) electrons. The maximum absolute atomic E-state index is 12.6. The van der Waals surface area contributed by atoms with Crippen molar-refractivity contribution in [1.29, 1.82) is 0 Å². The number of aliphatic carboxylic acids is 1. The van der Waals surface area contributed by atoms with E-state index in [1.165, 1.54) is 25.7 Å². The molecule has 112 valence electrons. The number of carboxylic acids is 1. The minimum atomic E-state index is -0.722. The lowest BCUT2D eigenvalue weighted by Crippen LogP contribution is -2.41. The Morgan fingerprint density at radius 3 is 2.65 bits per heavy atom. The molecule has 0 aromatic carbocycles. The number of piperidine rings is 1. The van der Waals surface area contributed by atoms with Crippen LogP contribution < -0.4 is 0 Å². The molecule has 0 bridgehead atoms. The average molecular weight is 279 g/mol. The molecule has 2 atom stereocenters. The van der Waals surface area contributed by atoms with Crippen LogP contribution in [0.5, 0.6) is 0 Å². The predicted octanol–water partition coefficient (Wildman–Crippen LogP) is 2.67. The van der Waals surface area contributed by atoms with Crippen LogP contribution in [0, 0.1) is 17.3 Å². The van der Waals surface area contributed by atoms with Gasteiger partial charge in [-0.2, -0.15) is 0 Å². The molecule has 2 saturated carbocycles. The molecular formula is C16H25NO3. The number of amides is 1. The zero-order valence-corrected chi connectivity index (χ0v) is 12.1. The van der Waals surface area contributed by atoms with Crippen LogP contribution in [-0.4, -0.2) is 35.0 Å². The van der Waals surface area contributed by atoms with E-state index in [1.807, 2.05) is 4.90 Å². The second-order valence-electron chi connectivity index (χ2n) is 7.05. The Kier molecular flexibility index (Phi) is 3.74. The first kappa shape index (κ1) is 13.9. The Bertz CT molecular complexity index is 401. The normalized spacial score (nSPS) is 31.5. The molecule has 1 aliphatic heterocycles. The SMILES string of the molecule is O=C(O)CCC1CCCN(C(=O)C2CC23CCCC3)C1. The number of likely N-dealkylation sites (tertiary alicyclic amines) is 1. The largest absolute Gasteiger partial charge is 0.481 e. The van der Waals surface area contributed by atoms with Crippen molar-refractivity contribution in [3.05, 3.63) is 0 Å². The Morgan fingerprint density at radius 1 is 1.20 bits per heavy atom. The first-order valence-electron chi connectivity index (χ1n) is 8.11. The van der Waals surface area contributed by atoms with Crippen LogP contribution in [0.25, 0.3) is 0 Å². The number of carbonyl (C=O) groups is 2. The number of hydrogen-bond acceptors (Lipinski definition) is 2. The van der Waals surface area contributed by atoms with Gasteiger partial charge in [0.15, 0.2) is 0 Å². The molecule has 1 spiro atoms. The van der Waals surface area contributed by atoms with Crippen molar-refractivity contribution in [2.45, 2.75) is 57.8 Å². The van der Waals surface area contributed by atoms with Gasteiger partial charge in [-0.05, 0) is 49.9 Å². The first-order chi connectivity index (χ1) is 9.61. The minimum Gasteiger partial charge on any atom is -0.481 e. The first-order valence-corrected chi connectivity index (χ1v) is 8.11. The molecule has 1 heterocycles. The maximum Gasteiger partial charge on any atom is 0.303 e. The van der Waals surface area contributed by atoms with Crippen LogP contribution in [0.2, 0.25) is 0 Å². The molecule has 1 amide bonds. The number of nitrogens with zero attached hydrogens (tertiary/aromatic N) is 1. The van der Waals surface area contributed by atoms with Crippen molar-refractivity contribution in [2.24, 2.45) is 17.3 Å². The summed E-state index contributed by atoms with van der Waals surface area (Å²) in [6.45, 7) is 1.67. The van der Waals surface area contributed by atoms with Gasteiger partial charge in [0.2, 0.25) is 5.91 Å². The van der Waals surface area contributed by atoms with E-state index in [0.717, 1.165) is 38.8 Å². The Labute approximate surface area is 120 Å². The van der Waals surface area contributed by atoms with Gasteiger partial charge in [0.1, 0.15) is 0 Å². The van der Waals surface area contributed by atoms with Gasteiger partial charge >= 0.3 is 5.97 Å². The van der Waals surface area contributed by atoms with Crippen molar-refractivity contribution in [2.75, 3.05) is 13.1 Å². The van der Waals surface area contributed by atoms with E-state index in [1.54, 1.807) is 0 Å². The van der Waals surface area contributed by atoms with Gasteiger partial charge < -0.3 is 10.0 Å². The van der Waals surface area contributed by atoms with E-state index in [4.69, 9.17) is 5.11 Å². The molecule has 0 aromatic rings. The lowest BCUT2D eigenvalue weighted by Gasteiger charge is -2.33. The van der Waals surface area contributed by atoms with Gasteiger partial charge in [0, 0.05) is 25.4 Å². The summed E-state index contributed by atoms with van der Waals surface area (Å²) in [6.07, 6.45) is 9.27. The highest BCUT2D eigenvalue weighted by Crippen LogP contribution is 2.63. The number of carboxylic acid groups (broad SMARTS) is 1. The van der Waals surface area contributed by atoms with Crippen molar-refractivity contribution in [3.8, 4) is 0 Å². The van der Waals surface area contributed by atoms with Gasteiger partial charge in [0.05, 0.1) is 0 Å². The van der Waals surface area contributed by atoms with E-state index in [2.05, 4.69) is 0 Å². The summed E-state index contributed by atoms with van der Waals surface area (Å²) >= 11 is 0. The lowest BCUT2D eigenvalue weighted by molar-refractivity contribution is -0.137. The Balaban J connectivity index is 1.52. The zero-order valence-electron chi connectivity index (χ0n) is 12.1. The Morgan fingerprint density at radius 2 is 1.95 bits per heavy atom. The molecule has 3 aliphatic rings. The molecule has 4 heteroatoms. The summed E-state index contributed by atoms with van der Waals surface area (Å²) in [5, 5.41) is 8.78. The smallest absolute Gasteiger partial charge is 0.303 e. The third-order valence-corrected chi connectivity index (χ3v) is 5.68. The van der Waals surface area contributed by atoms with E-state index >= 15 is 0 Å². The molecule has 20 heavy (non-hydrogen) atoms. The van der Waals surface area contributed by atoms with Crippen LogP contribution in [0.15, 0.2) is 0 Å². The molecule has 3 fully saturated rings. The van der Waals surface area contributed by atoms with E-state index in [0.29, 0.717) is 23.2 Å². The summed E-state index contributed by atoms with van der Waals surface area (Å²) in [4.78, 5) is 25.3. The van der Waals surface area contributed by atoms with E-state index in [9.17, 15) is 9.59 Å². The fraction of sp³-hybridized carbons (Fsp3) is 0.875. The van der Waals surface area contributed by atoms with Gasteiger partial charge in [-0.25, -0.2) is 0 Å². The highest BCUT2D eigenvalue weighted by molar-refractivity contribution is 5.83. The van der Waals surface area contributed by atoms with Crippen LogP contribution >= 0.6 is 0 Å². The summed E-state index contributed by atoms with van der Waals surface area (Å²) in [7, 11) is 0. The molecule has 1 N–H and O–H groups in total. The van der Waals surface area contributed by atoms with Gasteiger partial charge in [-0.1, -0.05) is 12.8 Å². The number of rotatable bonds is 4. The monoisotopic (exact) mass is 279 g/mol. The molecule has 1 saturated heterocycles. The third-order valence-electron chi connectivity index (χ3n) is 5.68. The zero-order chi connectivity index (χ0) is 14.2. The summed E-state index contributed by atoms with van der Waals surface area (Å²) in [5.41, 5.74) is 0.380. The number of hydrogen-bond donors (Lipinski definition) is 1. The molecular weight excluding hydrogens is 254 g/mol. The lowest BCUT2D eigenvalue weighted by atomic mass is 9.92. The van der Waals surface area contributed by atoms with Crippen LogP contribution in [0.3, 0.4) is 0 Å². The molecule has 2 aliphatic carbocycles. The quantitative estimate of drug-likeness (QED) is 0.860. The van der Waals surface area contributed by atoms with Gasteiger partial charge in [-0.15, -0.1) is 0 Å². The summed E-state index contributed by atoms with van der Waals surface area (Å²) < 4.78 is 0. The third kappa shape index (κ3) is 2.70. The van der Waals surface area contributed by atoms with Gasteiger partial charge in [0.25, 0.3) is 0 Å². The van der Waals surface area contributed by atoms with Crippen LogP contribution in [-0.2, 0) is 9.59 Å². The van der Waals surface area contributed by atoms with E-state index in [-0.39, 0.29) is 6.42 Å². The standard InChI is InChI=1S/C16H25NO3/c18-14(19)6-5-12-4-3-9-17(11-12)15(20)13-10-16(13)7-1-2-8-16/h12-13H,1-11H2,(H,18,19). The predicted molar refractivity (Wildman–Crippen MR) is 75.2 cm³/mol. The highest BCUT2D eigenvalue weighted by Gasteiger charge is 2.59. The summed E-state index contributed by atoms with van der Waals surface area (Å²) in [5.74, 6) is 0.331. The Hall–Kier alpha value is -1.06. The van der Waals surface area contributed by atoms with Gasteiger partial charge in [-0.3, -0.25) is 9.59 Å². The second-order valence-corrected chi connectivity index (χ2v) is 7.05. The second kappa shape index (κ2) is 5.38. The highest BCUT2D eigenvalue weighted by atomic mass is 16.4. The molecule has 0 aromatic heterocycles. The molecule has 4 nitrogen and oxygen atoms in total. The van der Waals surface area contributed by atoms with Crippen LogP contribution in [0.4, 0.5) is 0 Å². The fourth-order valence-electron chi connectivity index (χ4n) is 4.38. The van der Waals surface area contributed by atoms with Crippen molar-refractivity contribution >= 4 is 11.9 Å². The van der Waals surface area contributed by atoms with E-state index < -0.39 is 5.97 Å². The minimum absolute atomic E-state index is 0.236.